The van der Waals surface area contributed by atoms with Crippen LogP contribution in [-0.2, 0) is 27.2 Å². The van der Waals surface area contributed by atoms with Gasteiger partial charge in [0, 0.05) is 46.1 Å². The normalized spacial score (nSPS) is 18.1. The predicted molar refractivity (Wildman–Crippen MR) is 127 cm³/mol. The zero-order valence-corrected chi connectivity index (χ0v) is 19.4. The van der Waals surface area contributed by atoms with E-state index >= 15 is 0 Å². The van der Waals surface area contributed by atoms with Gasteiger partial charge in [0.25, 0.3) is 0 Å². The van der Waals surface area contributed by atoms with Crippen molar-refractivity contribution in [1.29, 1.82) is 0 Å². The second-order valence-electron chi connectivity index (χ2n) is 8.98. The lowest BCUT2D eigenvalue weighted by atomic mass is 9.90. The van der Waals surface area contributed by atoms with Crippen LogP contribution < -0.4 is 0 Å². The largest absolute Gasteiger partial charge is 0.339 e. The monoisotopic (exact) mass is 447 g/mol. The lowest BCUT2D eigenvalue weighted by Crippen LogP contribution is -2.51. The molecule has 174 valence electrons. The van der Waals surface area contributed by atoms with E-state index in [1.165, 1.54) is 11.1 Å². The van der Waals surface area contributed by atoms with Crippen molar-refractivity contribution in [3.63, 3.8) is 0 Å². The highest BCUT2D eigenvalue weighted by molar-refractivity contribution is 5.80. The second-order valence-corrected chi connectivity index (χ2v) is 8.98. The van der Waals surface area contributed by atoms with E-state index in [4.69, 9.17) is 0 Å². The minimum absolute atomic E-state index is 0.00761. The van der Waals surface area contributed by atoms with Gasteiger partial charge in [-0.2, -0.15) is 0 Å². The van der Waals surface area contributed by atoms with Gasteiger partial charge in [0.15, 0.2) is 0 Å². The molecular weight excluding hydrogens is 414 g/mol. The minimum Gasteiger partial charge on any atom is -0.339 e. The van der Waals surface area contributed by atoms with Crippen molar-refractivity contribution >= 4 is 17.7 Å². The van der Waals surface area contributed by atoms with Gasteiger partial charge < -0.3 is 14.7 Å². The first-order valence-electron chi connectivity index (χ1n) is 12.0. The molecule has 6 nitrogen and oxygen atoms in total. The van der Waals surface area contributed by atoms with Crippen molar-refractivity contribution in [3.05, 3.63) is 71.3 Å². The van der Waals surface area contributed by atoms with Crippen molar-refractivity contribution in [3.8, 4) is 0 Å². The number of carbonyl (C=O) groups excluding carboxylic acids is 3. The zero-order chi connectivity index (χ0) is 23.2. The third-order valence-electron chi connectivity index (χ3n) is 6.87. The Bertz CT molecular complexity index is 983. The number of rotatable bonds is 6. The fraction of sp³-hybridized carbons (Fsp3) is 0.444. The third-order valence-corrected chi connectivity index (χ3v) is 6.87. The van der Waals surface area contributed by atoms with Gasteiger partial charge in [-0.05, 0) is 36.0 Å². The number of fused-ring (bicyclic) bond motifs is 1. The van der Waals surface area contributed by atoms with Gasteiger partial charge in [0.1, 0.15) is 0 Å². The Balaban J connectivity index is 1.28. The van der Waals surface area contributed by atoms with Crippen LogP contribution in [0.1, 0.15) is 48.9 Å². The minimum atomic E-state index is -0.211. The van der Waals surface area contributed by atoms with Gasteiger partial charge in [-0.25, -0.2) is 0 Å². The Kier molecular flexibility index (Phi) is 7.43. The molecule has 0 N–H and O–H groups in total. The van der Waals surface area contributed by atoms with Gasteiger partial charge >= 0.3 is 0 Å². The summed E-state index contributed by atoms with van der Waals surface area (Å²) in [6.07, 6.45) is 3.40. The lowest BCUT2D eigenvalue weighted by molar-refractivity contribution is -0.142. The summed E-state index contributed by atoms with van der Waals surface area (Å²) in [5, 5.41) is 0. The molecule has 33 heavy (non-hydrogen) atoms. The van der Waals surface area contributed by atoms with E-state index in [-0.39, 0.29) is 23.8 Å². The summed E-state index contributed by atoms with van der Waals surface area (Å²) in [4.78, 5) is 43.5. The second kappa shape index (κ2) is 10.6. The molecule has 0 aromatic heterocycles. The van der Waals surface area contributed by atoms with Crippen molar-refractivity contribution < 1.29 is 14.4 Å². The summed E-state index contributed by atoms with van der Waals surface area (Å²) in [6.45, 7) is 4.49. The SMILES string of the molecule is CC(=O)N1CCc2ccccc2C1CC(=O)N1CCN(C(=O)CCCc2ccccc2)CC1. The van der Waals surface area contributed by atoms with E-state index < -0.39 is 0 Å². The highest BCUT2D eigenvalue weighted by atomic mass is 16.2. The smallest absolute Gasteiger partial charge is 0.225 e. The number of aryl methyl sites for hydroxylation is 1. The van der Waals surface area contributed by atoms with Crippen LogP contribution in [-0.4, -0.2) is 65.1 Å². The maximum absolute atomic E-state index is 13.1. The van der Waals surface area contributed by atoms with Gasteiger partial charge in [-0.15, -0.1) is 0 Å². The molecule has 1 saturated heterocycles. The van der Waals surface area contributed by atoms with Gasteiger partial charge in [-0.3, -0.25) is 14.4 Å². The number of nitrogens with zero attached hydrogens (tertiary/aromatic N) is 3. The van der Waals surface area contributed by atoms with Crippen molar-refractivity contribution in [1.82, 2.24) is 14.7 Å². The van der Waals surface area contributed by atoms with E-state index in [2.05, 4.69) is 18.2 Å². The summed E-state index contributed by atoms with van der Waals surface area (Å²) >= 11 is 0. The van der Waals surface area contributed by atoms with Crippen molar-refractivity contribution in [2.24, 2.45) is 0 Å². The molecule has 0 spiro atoms. The number of amides is 3. The third kappa shape index (κ3) is 5.62. The highest BCUT2D eigenvalue weighted by Crippen LogP contribution is 2.33. The van der Waals surface area contributed by atoms with E-state index in [0.717, 1.165) is 24.8 Å². The molecule has 6 heteroatoms. The maximum Gasteiger partial charge on any atom is 0.225 e. The van der Waals surface area contributed by atoms with Crippen LogP contribution >= 0.6 is 0 Å². The zero-order valence-electron chi connectivity index (χ0n) is 19.4. The quantitative estimate of drug-likeness (QED) is 0.683. The standard InChI is InChI=1S/C27H33N3O3/c1-21(31)30-15-14-23-11-5-6-12-24(23)25(30)20-27(33)29-18-16-28(17-19-29)26(32)13-7-10-22-8-3-2-4-9-22/h2-6,8-9,11-12,25H,7,10,13-20H2,1H3. The molecule has 0 saturated carbocycles. The number of piperazine rings is 1. The number of carbonyl (C=O) groups is 3. The summed E-state index contributed by atoms with van der Waals surface area (Å²) < 4.78 is 0. The summed E-state index contributed by atoms with van der Waals surface area (Å²) in [5.74, 6) is 0.231. The van der Waals surface area contributed by atoms with Gasteiger partial charge in [0.2, 0.25) is 17.7 Å². The molecule has 0 bridgehead atoms. The number of benzene rings is 2. The van der Waals surface area contributed by atoms with E-state index in [1.54, 1.807) is 6.92 Å². The van der Waals surface area contributed by atoms with Crippen LogP contribution in [0.4, 0.5) is 0 Å². The molecule has 0 radical (unpaired) electrons. The first kappa shape index (κ1) is 23.0. The molecule has 3 amide bonds. The predicted octanol–water partition coefficient (Wildman–Crippen LogP) is 3.22. The van der Waals surface area contributed by atoms with Crippen molar-refractivity contribution in [2.45, 2.75) is 45.1 Å². The van der Waals surface area contributed by atoms with Crippen LogP contribution in [0, 0.1) is 0 Å². The topological polar surface area (TPSA) is 60.9 Å². The molecule has 0 aliphatic carbocycles. The van der Waals surface area contributed by atoms with Crippen LogP contribution in [0.25, 0.3) is 0 Å². The Labute approximate surface area is 196 Å². The molecule has 1 atom stereocenters. The average Bonchev–Trinajstić information content (AvgIpc) is 2.84. The number of hydrogen-bond donors (Lipinski definition) is 0. The Morgan fingerprint density at radius 2 is 1.45 bits per heavy atom. The molecule has 2 aliphatic rings. The molecule has 1 unspecified atom stereocenters. The van der Waals surface area contributed by atoms with Crippen LogP contribution in [0.2, 0.25) is 0 Å². The maximum atomic E-state index is 13.1. The summed E-state index contributed by atoms with van der Waals surface area (Å²) in [6, 6.07) is 18.1. The van der Waals surface area contributed by atoms with E-state index in [1.807, 2.05) is 51.1 Å². The summed E-state index contributed by atoms with van der Waals surface area (Å²) in [7, 11) is 0. The summed E-state index contributed by atoms with van der Waals surface area (Å²) in [5.41, 5.74) is 3.56. The lowest BCUT2D eigenvalue weighted by Gasteiger charge is -2.39. The highest BCUT2D eigenvalue weighted by Gasteiger charge is 2.33. The van der Waals surface area contributed by atoms with Crippen LogP contribution in [0.5, 0.6) is 0 Å². The first-order chi connectivity index (χ1) is 16.0. The molecule has 2 aromatic carbocycles. The van der Waals surface area contributed by atoms with Crippen molar-refractivity contribution in [2.75, 3.05) is 32.7 Å². The van der Waals surface area contributed by atoms with Gasteiger partial charge in [-0.1, -0.05) is 54.6 Å². The van der Waals surface area contributed by atoms with E-state index in [9.17, 15) is 14.4 Å². The van der Waals surface area contributed by atoms with Gasteiger partial charge in [0.05, 0.1) is 12.5 Å². The fourth-order valence-corrected chi connectivity index (χ4v) is 4.99. The molecule has 1 fully saturated rings. The van der Waals surface area contributed by atoms with Crippen LogP contribution in [0.3, 0.4) is 0 Å². The number of hydrogen-bond acceptors (Lipinski definition) is 3. The molecule has 2 aliphatic heterocycles. The Morgan fingerprint density at radius 1 is 0.818 bits per heavy atom. The average molecular weight is 448 g/mol. The fourth-order valence-electron chi connectivity index (χ4n) is 4.99. The Morgan fingerprint density at radius 3 is 2.15 bits per heavy atom. The van der Waals surface area contributed by atoms with Crippen LogP contribution in [0.15, 0.2) is 54.6 Å². The molecule has 2 heterocycles. The molecule has 2 aromatic rings. The van der Waals surface area contributed by atoms with E-state index in [0.29, 0.717) is 45.6 Å². The molecular formula is C27H33N3O3. The first-order valence-corrected chi connectivity index (χ1v) is 12.0. The Hall–Kier alpha value is -3.15. The molecule has 4 rings (SSSR count).